The Balaban J connectivity index is 1.84. The van der Waals surface area contributed by atoms with Crippen LogP contribution in [0.3, 0.4) is 0 Å². The van der Waals surface area contributed by atoms with Crippen LogP contribution in [0, 0.1) is 0 Å². The Morgan fingerprint density at radius 2 is 2.18 bits per heavy atom. The molecule has 1 aliphatic rings. The summed E-state index contributed by atoms with van der Waals surface area (Å²) in [6.45, 7) is 0.367. The van der Waals surface area contributed by atoms with Crippen LogP contribution in [0.2, 0.25) is 0 Å². The Labute approximate surface area is 97.3 Å². The predicted octanol–water partition coefficient (Wildman–Crippen LogP) is 1.44. The van der Waals surface area contributed by atoms with Gasteiger partial charge < -0.3 is 4.42 Å². The average Bonchev–Trinajstić information content (AvgIpc) is 2.97. The van der Waals surface area contributed by atoms with Crippen molar-refractivity contribution < 1.29 is 9.21 Å². The van der Waals surface area contributed by atoms with E-state index in [1.54, 1.807) is 27.5 Å². The molecule has 0 atom stereocenters. The van der Waals surface area contributed by atoms with Gasteiger partial charge in [-0.25, -0.2) is 4.79 Å². The second kappa shape index (κ2) is 3.76. The molecular formula is C12H12N2O3. The minimum Gasteiger partial charge on any atom is -0.456 e. The minimum absolute atomic E-state index is 0.0171. The van der Waals surface area contributed by atoms with E-state index in [0.717, 1.165) is 12.8 Å². The number of furan rings is 1. The van der Waals surface area contributed by atoms with Crippen LogP contribution in [0.25, 0.3) is 0 Å². The number of hydrogen-bond acceptors (Lipinski definition) is 3. The molecule has 17 heavy (non-hydrogen) atoms. The minimum atomic E-state index is -0.0171. The maximum atomic E-state index is 11.9. The number of imidazole rings is 1. The number of aromatic nitrogens is 2. The van der Waals surface area contributed by atoms with Crippen LogP contribution < -0.4 is 5.69 Å². The molecule has 88 valence electrons. The van der Waals surface area contributed by atoms with Gasteiger partial charge in [0.15, 0.2) is 12.0 Å². The van der Waals surface area contributed by atoms with E-state index in [1.165, 1.54) is 0 Å². The summed E-state index contributed by atoms with van der Waals surface area (Å²) in [4.78, 5) is 22.4. The summed E-state index contributed by atoms with van der Waals surface area (Å²) in [5, 5.41) is 0. The fourth-order valence-electron chi connectivity index (χ4n) is 1.89. The van der Waals surface area contributed by atoms with E-state index in [-0.39, 0.29) is 11.4 Å². The zero-order valence-electron chi connectivity index (χ0n) is 9.20. The molecule has 0 radical (unpaired) electrons. The van der Waals surface area contributed by atoms with E-state index in [9.17, 15) is 9.59 Å². The van der Waals surface area contributed by atoms with Crippen molar-refractivity contribution in [1.82, 2.24) is 9.13 Å². The van der Waals surface area contributed by atoms with E-state index >= 15 is 0 Å². The molecule has 0 aliphatic heterocycles. The van der Waals surface area contributed by atoms with Gasteiger partial charge in [0.05, 0.1) is 6.54 Å². The quantitative estimate of drug-likeness (QED) is 0.749. The maximum absolute atomic E-state index is 11.9. The normalized spacial score (nSPS) is 15.1. The first-order valence-electron chi connectivity index (χ1n) is 5.59. The van der Waals surface area contributed by atoms with Gasteiger partial charge in [-0.1, -0.05) is 0 Å². The van der Waals surface area contributed by atoms with Gasteiger partial charge in [0.1, 0.15) is 5.76 Å². The van der Waals surface area contributed by atoms with E-state index < -0.39 is 0 Å². The molecule has 0 amide bonds. The van der Waals surface area contributed by atoms with Crippen molar-refractivity contribution in [2.75, 3.05) is 0 Å². The van der Waals surface area contributed by atoms with E-state index in [4.69, 9.17) is 4.42 Å². The van der Waals surface area contributed by atoms with Crippen molar-refractivity contribution in [1.29, 1.82) is 0 Å². The number of rotatable bonds is 4. The van der Waals surface area contributed by atoms with Crippen molar-refractivity contribution in [2.24, 2.45) is 0 Å². The van der Waals surface area contributed by atoms with Crippen molar-refractivity contribution in [3.05, 3.63) is 46.5 Å². The average molecular weight is 232 g/mol. The number of carbonyl (C=O) groups excluding carboxylic acids is 1. The Morgan fingerprint density at radius 3 is 2.82 bits per heavy atom. The molecule has 1 saturated carbocycles. The lowest BCUT2D eigenvalue weighted by Crippen LogP contribution is -2.23. The molecule has 0 saturated heterocycles. The SMILES string of the molecule is O=Cc1ccc(Cn2ccn(C3CC3)c2=O)o1. The summed E-state index contributed by atoms with van der Waals surface area (Å²) >= 11 is 0. The Kier molecular flexibility index (Phi) is 2.24. The Bertz CT molecular complexity index is 601. The zero-order valence-corrected chi connectivity index (χ0v) is 9.20. The molecule has 0 spiro atoms. The van der Waals surface area contributed by atoms with Crippen LogP contribution in [-0.2, 0) is 6.54 Å². The van der Waals surface area contributed by atoms with Crippen LogP contribution in [0.1, 0.15) is 35.2 Å². The lowest BCUT2D eigenvalue weighted by Gasteiger charge is -1.98. The maximum Gasteiger partial charge on any atom is 0.328 e. The number of aldehydes is 1. The summed E-state index contributed by atoms with van der Waals surface area (Å²) in [7, 11) is 0. The molecule has 3 rings (SSSR count). The first-order chi connectivity index (χ1) is 8.28. The Morgan fingerprint density at radius 1 is 1.35 bits per heavy atom. The van der Waals surface area contributed by atoms with E-state index in [0.29, 0.717) is 24.6 Å². The highest BCUT2D eigenvalue weighted by molar-refractivity contribution is 5.70. The number of nitrogens with zero attached hydrogens (tertiary/aromatic N) is 2. The van der Waals surface area contributed by atoms with Crippen molar-refractivity contribution in [3.63, 3.8) is 0 Å². The molecule has 5 heteroatoms. The molecule has 1 fully saturated rings. The van der Waals surface area contributed by atoms with Crippen LogP contribution >= 0.6 is 0 Å². The smallest absolute Gasteiger partial charge is 0.328 e. The van der Waals surface area contributed by atoms with Gasteiger partial charge in [0.25, 0.3) is 0 Å². The first kappa shape index (κ1) is 10.1. The topological polar surface area (TPSA) is 57.1 Å². The molecule has 2 aromatic heterocycles. The first-order valence-corrected chi connectivity index (χ1v) is 5.59. The summed E-state index contributed by atoms with van der Waals surface area (Å²) < 4.78 is 8.58. The number of hydrogen-bond donors (Lipinski definition) is 0. The second-order valence-electron chi connectivity index (χ2n) is 4.27. The fraction of sp³-hybridized carbons (Fsp3) is 0.333. The lowest BCUT2D eigenvalue weighted by atomic mass is 10.4. The summed E-state index contributed by atoms with van der Waals surface area (Å²) in [6, 6.07) is 3.70. The molecule has 0 bridgehead atoms. The van der Waals surface area contributed by atoms with Gasteiger partial charge in [-0.15, -0.1) is 0 Å². The molecule has 1 aliphatic carbocycles. The van der Waals surface area contributed by atoms with Crippen molar-refractivity contribution in [3.8, 4) is 0 Å². The van der Waals surface area contributed by atoms with Gasteiger partial charge in [-0.3, -0.25) is 13.9 Å². The molecule has 0 N–H and O–H groups in total. The molecule has 0 aromatic carbocycles. The monoisotopic (exact) mass is 232 g/mol. The van der Waals surface area contributed by atoms with Gasteiger partial charge in [0, 0.05) is 18.4 Å². The van der Waals surface area contributed by atoms with E-state index in [1.807, 2.05) is 6.20 Å². The predicted molar refractivity (Wildman–Crippen MR) is 60.2 cm³/mol. The van der Waals surface area contributed by atoms with Crippen molar-refractivity contribution >= 4 is 6.29 Å². The molecule has 5 nitrogen and oxygen atoms in total. The van der Waals surface area contributed by atoms with Gasteiger partial charge in [-0.05, 0) is 25.0 Å². The second-order valence-corrected chi connectivity index (χ2v) is 4.27. The fourth-order valence-corrected chi connectivity index (χ4v) is 1.89. The molecule has 2 heterocycles. The van der Waals surface area contributed by atoms with Crippen LogP contribution in [0.4, 0.5) is 0 Å². The van der Waals surface area contributed by atoms with Crippen molar-refractivity contribution in [2.45, 2.75) is 25.4 Å². The zero-order chi connectivity index (χ0) is 11.8. The number of carbonyl (C=O) groups is 1. The van der Waals surface area contributed by atoms with Crippen LogP contribution in [0.5, 0.6) is 0 Å². The third kappa shape index (κ3) is 1.84. The third-order valence-corrected chi connectivity index (χ3v) is 2.94. The Hall–Kier alpha value is -2.04. The lowest BCUT2D eigenvalue weighted by molar-refractivity contribution is 0.109. The third-order valence-electron chi connectivity index (χ3n) is 2.94. The van der Waals surface area contributed by atoms with Crippen LogP contribution in [-0.4, -0.2) is 15.4 Å². The largest absolute Gasteiger partial charge is 0.456 e. The standard InChI is InChI=1S/C12H12N2O3/c15-8-11-4-3-10(17-11)7-13-5-6-14(12(13)16)9-1-2-9/h3-6,8-9H,1-2,7H2. The summed E-state index contributed by atoms with van der Waals surface area (Å²) in [5.41, 5.74) is -0.0171. The highest BCUT2D eigenvalue weighted by atomic mass is 16.3. The molecule has 2 aromatic rings. The van der Waals surface area contributed by atoms with Gasteiger partial charge in [0.2, 0.25) is 0 Å². The van der Waals surface area contributed by atoms with Crippen LogP contribution in [0.15, 0.2) is 33.7 Å². The molecule has 0 unspecified atom stereocenters. The highest BCUT2D eigenvalue weighted by Crippen LogP contribution is 2.33. The summed E-state index contributed by atoms with van der Waals surface area (Å²) in [5.74, 6) is 0.900. The highest BCUT2D eigenvalue weighted by Gasteiger charge is 2.25. The molecular weight excluding hydrogens is 220 g/mol. The van der Waals surface area contributed by atoms with Gasteiger partial charge >= 0.3 is 5.69 Å². The summed E-state index contributed by atoms with van der Waals surface area (Å²) in [6.07, 6.45) is 6.38. The van der Waals surface area contributed by atoms with E-state index in [2.05, 4.69) is 0 Å². The van der Waals surface area contributed by atoms with Gasteiger partial charge in [-0.2, -0.15) is 0 Å².